The summed E-state index contributed by atoms with van der Waals surface area (Å²) in [5.41, 5.74) is 0. The van der Waals surface area contributed by atoms with Gasteiger partial charge in [-0.25, -0.2) is 8.42 Å². The molecule has 0 bridgehead atoms. The zero-order valence-electron chi connectivity index (χ0n) is 9.67. The van der Waals surface area contributed by atoms with Gasteiger partial charge in [-0.05, 0) is 12.1 Å². The van der Waals surface area contributed by atoms with E-state index < -0.39 is 9.84 Å². The molecule has 1 aromatic carbocycles. The van der Waals surface area contributed by atoms with Crippen molar-refractivity contribution in [3.8, 4) is 11.5 Å². The number of hydrogen-bond acceptors (Lipinski definition) is 5. The number of ether oxygens (including phenoxy) is 2. The van der Waals surface area contributed by atoms with Crippen LogP contribution < -0.4 is 9.47 Å². The molecule has 0 radical (unpaired) electrons. The second-order valence-electron chi connectivity index (χ2n) is 3.29. The van der Waals surface area contributed by atoms with Gasteiger partial charge in [0.2, 0.25) is 0 Å². The van der Waals surface area contributed by atoms with Crippen molar-refractivity contribution < 1.29 is 22.7 Å². The maximum absolute atomic E-state index is 11.9. The molecule has 0 aliphatic rings. The summed E-state index contributed by atoms with van der Waals surface area (Å²) in [5.74, 6) is 0.505. The van der Waals surface area contributed by atoms with Crippen molar-refractivity contribution in [2.75, 3.05) is 20.0 Å². The van der Waals surface area contributed by atoms with E-state index in [9.17, 15) is 13.2 Å². The lowest BCUT2D eigenvalue weighted by molar-refractivity contribution is -0.107. The molecule has 0 atom stereocenters. The van der Waals surface area contributed by atoms with Crippen LogP contribution in [0.5, 0.6) is 11.5 Å². The Balaban J connectivity index is 3.17. The Morgan fingerprint density at radius 3 is 2.47 bits per heavy atom. The van der Waals surface area contributed by atoms with Gasteiger partial charge in [-0.3, -0.25) is 0 Å². The molecule has 0 N–H and O–H groups in total. The summed E-state index contributed by atoms with van der Waals surface area (Å²) in [6.45, 7) is 0. The zero-order valence-corrected chi connectivity index (χ0v) is 10.5. The number of carbonyl (C=O) groups excluding carboxylic acids is 1. The van der Waals surface area contributed by atoms with E-state index >= 15 is 0 Å². The molecule has 0 saturated carbocycles. The third-order valence-electron chi connectivity index (χ3n) is 2.21. The molecule has 0 spiro atoms. The van der Waals surface area contributed by atoms with E-state index in [0.717, 1.165) is 0 Å². The van der Waals surface area contributed by atoms with Crippen LogP contribution in [0.25, 0.3) is 0 Å². The van der Waals surface area contributed by atoms with Gasteiger partial charge in [-0.1, -0.05) is 0 Å². The standard InChI is InChI=1S/C11H14O5S/c1-15-9-4-5-11(10(8-9)16-2)17(13,14)7-3-6-12/h4-6,8H,3,7H2,1-2H3. The quantitative estimate of drug-likeness (QED) is 0.714. The monoisotopic (exact) mass is 258 g/mol. The molecule has 0 heterocycles. The number of sulfone groups is 1. The Hall–Kier alpha value is -1.56. The molecule has 0 aliphatic carbocycles. The molecule has 94 valence electrons. The van der Waals surface area contributed by atoms with Gasteiger partial charge in [0, 0.05) is 12.5 Å². The average molecular weight is 258 g/mol. The summed E-state index contributed by atoms with van der Waals surface area (Å²) in [6, 6.07) is 4.45. The summed E-state index contributed by atoms with van der Waals surface area (Å²) in [4.78, 5) is 10.3. The van der Waals surface area contributed by atoms with E-state index in [4.69, 9.17) is 9.47 Å². The largest absolute Gasteiger partial charge is 0.497 e. The summed E-state index contributed by atoms with van der Waals surface area (Å²) < 4.78 is 33.8. The van der Waals surface area contributed by atoms with Gasteiger partial charge in [0.15, 0.2) is 9.84 Å². The second-order valence-corrected chi connectivity index (χ2v) is 5.37. The Morgan fingerprint density at radius 2 is 1.94 bits per heavy atom. The molecule has 17 heavy (non-hydrogen) atoms. The Kier molecular flexibility index (Phi) is 4.51. The lowest BCUT2D eigenvalue weighted by atomic mass is 10.3. The molecule has 0 aromatic heterocycles. The molecular formula is C11H14O5S. The molecule has 0 saturated heterocycles. The molecule has 0 aliphatic heterocycles. The molecule has 1 rings (SSSR count). The van der Waals surface area contributed by atoms with Crippen LogP contribution in [0.15, 0.2) is 23.1 Å². The van der Waals surface area contributed by atoms with Gasteiger partial charge in [0.1, 0.15) is 22.7 Å². The first-order valence-corrected chi connectivity index (χ1v) is 6.59. The fourth-order valence-corrected chi connectivity index (χ4v) is 2.70. The maximum atomic E-state index is 11.9. The molecular weight excluding hydrogens is 244 g/mol. The van der Waals surface area contributed by atoms with Crippen molar-refractivity contribution in [3.05, 3.63) is 18.2 Å². The first-order valence-electron chi connectivity index (χ1n) is 4.93. The number of rotatable bonds is 6. The normalized spacial score (nSPS) is 10.9. The van der Waals surface area contributed by atoms with E-state index in [1.165, 1.54) is 32.4 Å². The number of carbonyl (C=O) groups is 1. The summed E-state index contributed by atoms with van der Waals surface area (Å²) >= 11 is 0. The molecule has 0 unspecified atom stereocenters. The van der Waals surface area contributed by atoms with Crippen LogP contribution in [-0.4, -0.2) is 34.7 Å². The second kappa shape index (κ2) is 5.67. The fraction of sp³-hybridized carbons (Fsp3) is 0.364. The fourth-order valence-electron chi connectivity index (χ4n) is 1.35. The molecule has 0 fully saturated rings. The lowest BCUT2D eigenvalue weighted by Gasteiger charge is -2.10. The Labute approximate surface area is 100 Å². The van der Waals surface area contributed by atoms with Gasteiger partial charge in [0.25, 0.3) is 0 Å². The van der Waals surface area contributed by atoms with Gasteiger partial charge in [0.05, 0.1) is 20.0 Å². The molecule has 6 heteroatoms. The highest BCUT2D eigenvalue weighted by Gasteiger charge is 2.19. The predicted molar refractivity (Wildman–Crippen MR) is 62.3 cm³/mol. The zero-order chi connectivity index (χ0) is 12.9. The van der Waals surface area contributed by atoms with E-state index in [0.29, 0.717) is 12.0 Å². The van der Waals surface area contributed by atoms with Crippen molar-refractivity contribution >= 4 is 16.1 Å². The van der Waals surface area contributed by atoms with Gasteiger partial charge in [-0.2, -0.15) is 0 Å². The van der Waals surface area contributed by atoms with Crippen molar-refractivity contribution in [3.63, 3.8) is 0 Å². The number of benzene rings is 1. The molecule has 1 aromatic rings. The van der Waals surface area contributed by atoms with Crippen LogP contribution in [0.2, 0.25) is 0 Å². The summed E-state index contributed by atoms with van der Waals surface area (Å²) in [5, 5.41) is 0. The topological polar surface area (TPSA) is 69.7 Å². The molecule has 5 nitrogen and oxygen atoms in total. The van der Waals surface area contributed by atoms with E-state index in [1.807, 2.05) is 0 Å². The van der Waals surface area contributed by atoms with Crippen molar-refractivity contribution in [1.29, 1.82) is 0 Å². The van der Waals surface area contributed by atoms with E-state index in [1.54, 1.807) is 0 Å². The number of methoxy groups -OCH3 is 2. The smallest absolute Gasteiger partial charge is 0.182 e. The Bertz CT molecular complexity index is 493. The molecule has 0 amide bonds. The highest BCUT2D eigenvalue weighted by molar-refractivity contribution is 7.91. The minimum Gasteiger partial charge on any atom is -0.497 e. The summed E-state index contributed by atoms with van der Waals surface area (Å²) in [6.07, 6.45) is 0.547. The highest BCUT2D eigenvalue weighted by atomic mass is 32.2. The van der Waals surface area contributed by atoms with Crippen LogP contribution in [0, 0.1) is 0 Å². The third-order valence-corrected chi connectivity index (χ3v) is 3.99. The first kappa shape index (κ1) is 13.5. The summed E-state index contributed by atoms with van der Waals surface area (Å²) in [7, 11) is -0.638. The highest BCUT2D eigenvalue weighted by Crippen LogP contribution is 2.29. The van der Waals surface area contributed by atoms with Crippen LogP contribution in [0.1, 0.15) is 6.42 Å². The predicted octanol–water partition coefficient (Wildman–Crippen LogP) is 1.07. The lowest BCUT2D eigenvalue weighted by Crippen LogP contribution is -2.09. The van der Waals surface area contributed by atoms with Crippen LogP contribution >= 0.6 is 0 Å². The van der Waals surface area contributed by atoms with Gasteiger partial charge >= 0.3 is 0 Å². The maximum Gasteiger partial charge on any atom is 0.182 e. The minimum atomic E-state index is -3.50. The SMILES string of the molecule is COc1ccc(S(=O)(=O)CCC=O)c(OC)c1. The first-order chi connectivity index (χ1) is 8.05. The van der Waals surface area contributed by atoms with Crippen LogP contribution in [-0.2, 0) is 14.6 Å². The third kappa shape index (κ3) is 3.20. The van der Waals surface area contributed by atoms with Crippen LogP contribution in [0.3, 0.4) is 0 Å². The van der Waals surface area contributed by atoms with Crippen molar-refractivity contribution in [2.24, 2.45) is 0 Å². The van der Waals surface area contributed by atoms with Crippen LogP contribution in [0.4, 0.5) is 0 Å². The Morgan fingerprint density at radius 1 is 1.24 bits per heavy atom. The minimum absolute atomic E-state index is 0.0302. The number of aldehydes is 1. The van der Waals surface area contributed by atoms with Gasteiger partial charge < -0.3 is 14.3 Å². The van der Waals surface area contributed by atoms with Gasteiger partial charge in [-0.15, -0.1) is 0 Å². The number of hydrogen-bond donors (Lipinski definition) is 0. The van der Waals surface area contributed by atoms with Crippen molar-refractivity contribution in [1.82, 2.24) is 0 Å². The van der Waals surface area contributed by atoms with Crippen molar-refractivity contribution in [2.45, 2.75) is 11.3 Å². The average Bonchev–Trinajstić information content (AvgIpc) is 2.35. The van der Waals surface area contributed by atoms with E-state index in [2.05, 4.69) is 0 Å². The van der Waals surface area contributed by atoms with E-state index in [-0.39, 0.29) is 22.8 Å².